The van der Waals surface area contributed by atoms with E-state index < -0.39 is 5.97 Å². The van der Waals surface area contributed by atoms with Crippen LogP contribution in [0.15, 0.2) is 24.3 Å². The van der Waals surface area contributed by atoms with Crippen LogP contribution < -0.4 is 0 Å². The van der Waals surface area contributed by atoms with Gasteiger partial charge in [0.15, 0.2) is 0 Å². The first-order valence-electron chi connectivity index (χ1n) is 9.79. The standard InChI is InChI=1S/C21H38O2/c1-2-3-4-5-6-7-8-9-10-11-12-13-14-15-16-17-18-19-20-21(22)23/h6-7,9-10H,2-5,8,11-20H2,1H3,(H,22,23). The molecule has 0 amide bonds. The molecule has 1 N–H and O–H groups in total. The number of carbonyl (C=O) groups is 1. The SMILES string of the molecule is CCCCCC=CCC=CCCCCCCCCCCC(=O)O. The number of allylic oxidation sites excluding steroid dienone is 4. The molecule has 0 atom stereocenters. The molecular weight excluding hydrogens is 284 g/mol. The van der Waals surface area contributed by atoms with Crippen molar-refractivity contribution in [3.8, 4) is 0 Å². The highest BCUT2D eigenvalue weighted by Crippen LogP contribution is 2.11. The maximum Gasteiger partial charge on any atom is 0.303 e. The van der Waals surface area contributed by atoms with Crippen molar-refractivity contribution in [1.82, 2.24) is 0 Å². The summed E-state index contributed by atoms with van der Waals surface area (Å²) >= 11 is 0. The predicted molar refractivity (Wildman–Crippen MR) is 101 cm³/mol. The van der Waals surface area contributed by atoms with E-state index in [1.807, 2.05) is 0 Å². The van der Waals surface area contributed by atoms with Crippen molar-refractivity contribution in [2.24, 2.45) is 0 Å². The molecule has 0 unspecified atom stereocenters. The quantitative estimate of drug-likeness (QED) is 0.230. The van der Waals surface area contributed by atoms with Crippen molar-refractivity contribution in [3.05, 3.63) is 24.3 Å². The van der Waals surface area contributed by atoms with Crippen molar-refractivity contribution in [2.75, 3.05) is 0 Å². The van der Waals surface area contributed by atoms with Crippen molar-refractivity contribution in [2.45, 2.75) is 103 Å². The average molecular weight is 323 g/mol. The minimum atomic E-state index is -0.662. The van der Waals surface area contributed by atoms with Gasteiger partial charge in [-0.3, -0.25) is 4.79 Å². The molecule has 0 bridgehead atoms. The van der Waals surface area contributed by atoms with Gasteiger partial charge in [0.25, 0.3) is 0 Å². The fourth-order valence-corrected chi connectivity index (χ4v) is 2.62. The van der Waals surface area contributed by atoms with Crippen LogP contribution in [0.1, 0.15) is 103 Å². The van der Waals surface area contributed by atoms with Gasteiger partial charge in [0.1, 0.15) is 0 Å². The monoisotopic (exact) mass is 322 g/mol. The molecule has 0 aromatic carbocycles. The molecule has 0 spiro atoms. The average Bonchev–Trinajstić information content (AvgIpc) is 2.53. The van der Waals surface area contributed by atoms with Gasteiger partial charge in [-0.2, -0.15) is 0 Å². The lowest BCUT2D eigenvalue weighted by Gasteiger charge is -2.00. The second-order valence-electron chi connectivity index (χ2n) is 6.44. The van der Waals surface area contributed by atoms with Gasteiger partial charge in [-0.25, -0.2) is 0 Å². The van der Waals surface area contributed by atoms with Gasteiger partial charge in [0.2, 0.25) is 0 Å². The second-order valence-corrected chi connectivity index (χ2v) is 6.44. The van der Waals surface area contributed by atoms with Gasteiger partial charge in [0.05, 0.1) is 0 Å². The molecule has 2 heteroatoms. The molecule has 2 nitrogen and oxygen atoms in total. The summed E-state index contributed by atoms with van der Waals surface area (Å²) in [5.74, 6) is -0.662. The summed E-state index contributed by atoms with van der Waals surface area (Å²) in [4.78, 5) is 10.4. The van der Waals surface area contributed by atoms with Crippen LogP contribution in [0.25, 0.3) is 0 Å². The fourth-order valence-electron chi connectivity index (χ4n) is 2.62. The lowest BCUT2D eigenvalue weighted by Crippen LogP contribution is -1.93. The summed E-state index contributed by atoms with van der Waals surface area (Å²) < 4.78 is 0. The molecule has 23 heavy (non-hydrogen) atoms. The maximum atomic E-state index is 10.4. The van der Waals surface area contributed by atoms with E-state index in [-0.39, 0.29) is 0 Å². The third-order valence-electron chi connectivity index (χ3n) is 4.09. The number of carboxylic acids is 1. The van der Waals surface area contributed by atoms with E-state index in [0.717, 1.165) is 19.3 Å². The highest BCUT2D eigenvalue weighted by atomic mass is 16.4. The Bertz CT molecular complexity index is 305. The Kier molecular flexibility index (Phi) is 18.1. The Labute approximate surface area is 144 Å². The summed E-state index contributed by atoms with van der Waals surface area (Å²) in [6.45, 7) is 2.24. The van der Waals surface area contributed by atoms with E-state index >= 15 is 0 Å². The fraction of sp³-hybridized carbons (Fsp3) is 0.762. The second kappa shape index (κ2) is 19.0. The molecule has 0 aromatic heterocycles. The van der Waals surface area contributed by atoms with E-state index in [4.69, 9.17) is 5.11 Å². The van der Waals surface area contributed by atoms with Crippen molar-refractivity contribution in [1.29, 1.82) is 0 Å². The van der Waals surface area contributed by atoms with Gasteiger partial charge >= 0.3 is 5.97 Å². The number of hydrogen-bond donors (Lipinski definition) is 1. The largest absolute Gasteiger partial charge is 0.481 e. The Morgan fingerprint density at radius 2 is 1.17 bits per heavy atom. The van der Waals surface area contributed by atoms with Crippen LogP contribution in [-0.2, 0) is 4.79 Å². The zero-order valence-electron chi connectivity index (χ0n) is 15.3. The third kappa shape index (κ3) is 21.0. The number of unbranched alkanes of at least 4 members (excludes halogenated alkanes) is 11. The van der Waals surface area contributed by atoms with Crippen LogP contribution in [-0.4, -0.2) is 11.1 Å². The van der Waals surface area contributed by atoms with E-state index in [1.165, 1.54) is 70.6 Å². The minimum absolute atomic E-state index is 0.334. The third-order valence-corrected chi connectivity index (χ3v) is 4.09. The van der Waals surface area contributed by atoms with E-state index in [2.05, 4.69) is 31.2 Å². The normalized spacial score (nSPS) is 11.7. The van der Waals surface area contributed by atoms with Crippen molar-refractivity contribution in [3.63, 3.8) is 0 Å². The van der Waals surface area contributed by atoms with Gasteiger partial charge in [-0.15, -0.1) is 0 Å². The summed E-state index contributed by atoms with van der Waals surface area (Å²) in [7, 11) is 0. The summed E-state index contributed by atoms with van der Waals surface area (Å²) in [6, 6.07) is 0. The lowest BCUT2D eigenvalue weighted by atomic mass is 10.1. The van der Waals surface area contributed by atoms with Crippen LogP contribution in [0.3, 0.4) is 0 Å². The molecule has 0 aliphatic rings. The first kappa shape index (κ1) is 21.9. The number of hydrogen-bond acceptors (Lipinski definition) is 1. The summed E-state index contributed by atoms with van der Waals surface area (Å²) in [5.41, 5.74) is 0. The molecule has 0 heterocycles. The van der Waals surface area contributed by atoms with Crippen LogP contribution >= 0.6 is 0 Å². The topological polar surface area (TPSA) is 37.3 Å². The molecule has 0 fully saturated rings. The zero-order valence-corrected chi connectivity index (χ0v) is 15.3. The lowest BCUT2D eigenvalue weighted by molar-refractivity contribution is -0.137. The maximum absolute atomic E-state index is 10.4. The number of carboxylic acid groups (broad SMARTS) is 1. The highest BCUT2D eigenvalue weighted by molar-refractivity contribution is 5.66. The summed E-state index contributed by atoms with van der Waals surface area (Å²) in [5, 5.41) is 8.54. The van der Waals surface area contributed by atoms with Gasteiger partial charge < -0.3 is 5.11 Å². The van der Waals surface area contributed by atoms with Crippen LogP contribution in [0.4, 0.5) is 0 Å². The Morgan fingerprint density at radius 3 is 1.70 bits per heavy atom. The minimum Gasteiger partial charge on any atom is -0.481 e. The van der Waals surface area contributed by atoms with Crippen molar-refractivity contribution < 1.29 is 9.90 Å². The molecule has 0 aromatic rings. The molecule has 0 saturated heterocycles. The van der Waals surface area contributed by atoms with E-state index in [1.54, 1.807) is 0 Å². The number of rotatable bonds is 17. The van der Waals surface area contributed by atoms with Gasteiger partial charge in [-0.05, 0) is 38.5 Å². The van der Waals surface area contributed by atoms with E-state index in [9.17, 15) is 4.79 Å². The van der Waals surface area contributed by atoms with Crippen LogP contribution in [0.2, 0.25) is 0 Å². The highest BCUT2D eigenvalue weighted by Gasteiger charge is 1.96. The van der Waals surface area contributed by atoms with Crippen LogP contribution in [0, 0.1) is 0 Å². The zero-order chi connectivity index (χ0) is 17.0. The first-order valence-corrected chi connectivity index (χ1v) is 9.79. The van der Waals surface area contributed by atoms with E-state index in [0.29, 0.717) is 6.42 Å². The Hall–Kier alpha value is -1.05. The van der Waals surface area contributed by atoms with Crippen LogP contribution in [0.5, 0.6) is 0 Å². The van der Waals surface area contributed by atoms with Gasteiger partial charge in [0, 0.05) is 6.42 Å². The van der Waals surface area contributed by atoms with Gasteiger partial charge in [-0.1, -0.05) is 82.6 Å². The molecular formula is C21H38O2. The predicted octanol–water partition coefficient (Wildman–Crippen LogP) is 7.05. The summed E-state index contributed by atoms with van der Waals surface area (Å²) in [6.07, 6.45) is 26.7. The van der Waals surface area contributed by atoms with Crippen molar-refractivity contribution >= 4 is 5.97 Å². The molecule has 0 aliphatic carbocycles. The molecule has 0 radical (unpaired) electrons. The Balaban J connectivity index is 3.14. The number of aliphatic carboxylic acids is 1. The first-order chi connectivity index (χ1) is 11.3. The smallest absolute Gasteiger partial charge is 0.303 e. The Morgan fingerprint density at radius 1 is 0.696 bits per heavy atom. The molecule has 0 rings (SSSR count). The molecule has 134 valence electrons. The molecule has 0 aliphatic heterocycles. The molecule has 0 saturated carbocycles.